The molecule has 8 nitrogen and oxygen atoms in total. The lowest BCUT2D eigenvalue weighted by molar-refractivity contribution is -0.384. The summed E-state index contributed by atoms with van der Waals surface area (Å²) >= 11 is 5.61. The van der Waals surface area contributed by atoms with E-state index in [9.17, 15) is 27.2 Å². The molecule has 1 atom stereocenters. The molecule has 1 unspecified atom stereocenters. The molecule has 0 spiro atoms. The van der Waals surface area contributed by atoms with Gasteiger partial charge in [0.05, 0.1) is 4.92 Å². The van der Waals surface area contributed by atoms with Crippen molar-refractivity contribution in [3.63, 3.8) is 0 Å². The molecule has 1 fully saturated rings. The Hall–Kier alpha value is -1.81. The summed E-state index contributed by atoms with van der Waals surface area (Å²) in [7, 11) is -4.90. The highest BCUT2D eigenvalue weighted by Gasteiger charge is 2.41. The second kappa shape index (κ2) is 4.94. The van der Waals surface area contributed by atoms with E-state index in [1.807, 2.05) is 0 Å². The highest BCUT2D eigenvalue weighted by atomic mass is 35.5. The largest absolute Gasteiger partial charge is 0.311 e. The maximum Gasteiger partial charge on any atom is 0.311 e. The van der Waals surface area contributed by atoms with Crippen LogP contribution in [0.25, 0.3) is 0 Å². The molecule has 1 saturated heterocycles. The molecule has 1 aliphatic heterocycles. The average Bonchev–Trinajstić information content (AvgIpc) is 2.70. The number of carbonyl (C=O) groups excluding carboxylic acids is 1. The van der Waals surface area contributed by atoms with Crippen molar-refractivity contribution < 1.29 is 22.0 Å². The van der Waals surface area contributed by atoms with Gasteiger partial charge < -0.3 is 4.90 Å². The average molecular weight is 324 g/mol. The maximum atomic E-state index is 12.9. The van der Waals surface area contributed by atoms with Crippen molar-refractivity contribution in [2.75, 3.05) is 11.4 Å². The molecule has 1 aliphatic rings. The van der Waals surface area contributed by atoms with Crippen molar-refractivity contribution in [3.05, 3.63) is 27.5 Å². The van der Waals surface area contributed by atoms with E-state index in [1.165, 1.54) is 0 Å². The predicted octanol–water partition coefficient (Wildman–Crippen LogP) is 1.05. The Balaban J connectivity index is 2.45. The van der Waals surface area contributed by atoms with Gasteiger partial charge in [0.2, 0.25) is 5.91 Å². The third-order valence-electron chi connectivity index (χ3n) is 2.80. The van der Waals surface area contributed by atoms with Crippen LogP contribution < -0.4 is 4.90 Å². The van der Waals surface area contributed by atoms with E-state index < -0.39 is 45.0 Å². The minimum Gasteiger partial charge on any atom is -0.305 e. The van der Waals surface area contributed by atoms with E-state index in [1.54, 1.807) is 0 Å². The molecule has 11 heteroatoms. The van der Waals surface area contributed by atoms with Crippen LogP contribution in [0.1, 0.15) is 6.42 Å². The van der Waals surface area contributed by atoms with Gasteiger partial charge in [-0.25, -0.2) is 4.98 Å². The first kappa shape index (κ1) is 14.6. The zero-order valence-corrected chi connectivity index (χ0v) is 11.3. The van der Waals surface area contributed by atoms with Crippen LogP contribution in [0.15, 0.2) is 12.3 Å². The smallest absolute Gasteiger partial charge is 0.305 e. The van der Waals surface area contributed by atoms with Crippen molar-refractivity contribution in [2.45, 2.75) is 11.7 Å². The lowest BCUT2D eigenvalue weighted by Gasteiger charge is -2.15. The maximum absolute atomic E-state index is 12.9. The zero-order chi connectivity index (χ0) is 15.1. The fourth-order valence-corrected chi connectivity index (χ4v) is 2.69. The van der Waals surface area contributed by atoms with Gasteiger partial charge in [0.1, 0.15) is 22.3 Å². The first-order chi connectivity index (χ1) is 9.20. The minimum absolute atomic E-state index is 0.107. The van der Waals surface area contributed by atoms with E-state index in [0.717, 1.165) is 17.2 Å². The molecule has 0 N–H and O–H groups in total. The number of nitro groups is 1. The van der Waals surface area contributed by atoms with Gasteiger partial charge in [-0.15, -0.1) is 3.89 Å². The number of pyridine rings is 1. The number of hydrogen-bond acceptors (Lipinski definition) is 6. The number of rotatable bonds is 3. The molecule has 1 aromatic heterocycles. The Morgan fingerprint density at radius 2 is 2.20 bits per heavy atom. The Bertz CT molecular complexity index is 695. The quantitative estimate of drug-likeness (QED) is 0.356. The fourth-order valence-electron chi connectivity index (χ4n) is 1.87. The first-order valence-electron chi connectivity index (χ1n) is 5.24. The lowest BCUT2D eigenvalue weighted by atomic mass is 10.3. The van der Waals surface area contributed by atoms with Gasteiger partial charge in [0.15, 0.2) is 0 Å². The number of aromatic nitrogens is 1. The molecular weight excluding hydrogens is 317 g/mol. The minimum atomic E-state index is -4.90. The highest BCUT2D eigenvalue weighted by molar-refractivity contribution is 7.87. The van der Waals surface area contributed by atoms with Crippen LogP contribution in [0.2, 0.25) is 5.15 Å². The fraction of sp³-hybridized carbons (Fsp3) is 0.333. The van der Waals surface area contributed by atoms with E-state index >= 15 is 0 Å². The molecule has 108 valence electrons. The van der Waals surface area contributed by atoms with E-state index in [-0.39, 0.29) is 10.8 Å². The molecular formula is C9H7ClFN3O5S. The third kappa shape index (κ3) is 2.70. The van der Waals surface area contributed by atoms with Gasteiger partial charge in [-0.05, 0) is 0 Å². The predicted molar refractivity (Wildman–Crippen MR) is 66.7 cm³/mol. The van der Waals surface area contributed by atoms with Gasteiger partial charge >= 0.3 is 15.9 Å². The van der Waals surface area contributed by atoms with Crippen LogP contribution in [-0.4, -0.2) is 36.0 Å². The van der Waals surface area contributed by atoms with Crippen LogP contribution in [0.4, 0.5) is 15.3 Å². The van der Waals surface area contributed by atoms with Crippen molar-refractivity contribution in [3.8, 4) is 0 Å². The monoisotopic (exact) mass is 323 g/mol. The van der Waals surface area contributed by atoms with Crippen LogP contribution >= 0.6 is 11.6 Å². The van der Waals surface area contributed by atoms with Crippen molar-refractivity contribution in [1.29, 1.82) is 0 Å². The van der Waals surface area contributed by atoms with E-state index in [0.29, 0.717) is 0 Å². The van der Waals surface area contributed by atoms with E-state index in [2.05, 4.69) is 4.98 Å². The summed E-state index contributed by atoms with van der Waals surface area (Å²) in [5.41, 5.74) is -0.717. The standard InChI is InChI=1S/C9H7ClFN3O5S/c10-8-2-6(7(3-12-8)14(16)17)13-4-5(1-9(13)15)20(11,18)19/h2-3,5H,1,4H2. The Morgan fingerprint density at radius 3 is 2.70 bits per heavy atom. The topological polar surface area (TPSA) is 110 Å². The van der Waals surface area contributed by atoms with Crippen LogP contribution in [0.5, 0.6) is 0 Å². The van der Waals surface area contributed by atoms with Gasteiger partial charge in [0, 0.05) is 19.0 Å². The molecule has 0 aliphatic carbocycles. The number of carbonyl (C=O) groups is 1. The van der Waals surface area contributed by atoms with Crippen LogP contribution in [-0.2, 0) is 15.0 Å². The number of hydrogen-bond donors (Lipinski definition) is 0. The van der Waals surface area contributed by atoms with Gasteiger partial charge in [-0.1, -0.05) is 11.6 Å². The van der Waals surface area contributed by atoms with Crippen molar-refractivity contribution in [2.24, 2.45) is 0 Å². The first-order valence-corrected chi connectivity index (χ1v) is 7.06. The SMILES string of the molecule is O=C1CC(S(=O)(=O)F)CN1c1cc(Cl)ncc1[N+](=O)[O-]. The Labute approximate surface area is 117 Å². The number of anilines is 1. The number of amides is 1. The normalized spacial score (nSPS) is 19.4. The molecule has 0 radical (unpaired) electrons. The Morgan fingerprint density at radius 1 is 1.55 bits per heavy atom. The molecule has 20 heavy (non-hydrogen) atoms. The third-order valence-corrected chi connectivity index (χ3v) is 4.12. The van der Waals surface area contributed by atoms with Crippen molar-refractivity contribution >= 4 is 39.1 Å². The summed E-state index contributed by atoms with van der Waals surface area (Å²) in [5.74, 6) is -0.735. The number of halogens is 2. The lowest BCUT2D eigenvalue weighted by Crippen LogP contribution is -2.27. The highest BCUT2D eigenvalue weighted by Crippen LogP contribution is 2.33. The summed E-state index contributed by atoms with van der Waals surface area (Å²) in [6.45, 7) is -0.501. The summed E-state index contributed by atoms with van der Waals surface area (Å²) in [6.07, 6.45) is 0.276. The van der Waals surface area contributed by atoms with Gasteiger partial charge in [-0.3, -0.25) is 14.9 Å². The van der Waals surface area contributed by atoms with E-state index in [4.69, 9.17) is 11.6 Å². The van der Waals surface area contributed by atoms with Crippen LogP contribution in [0, 0.1) is 10.1 Å². The molecule has 0 saturated carbocycles. The molecule has 1 amide bonds. The summed E-state index contributed by atoms with van der Waals surface area (Å²) < 4.78 is 34.6. The Kier molecular flexibility index (Phi) is 3.61. The molecule has 0 bridgehead atoms. The second-order valence-electron chi connectivity index (χ2n) is 4.06. The van der Waals surface area contributed by atoms with Gasteiger partial charge in [-0.2, -0.15) is 8.42 Å². The molecule has 2 rings (SSSR count). The van der Waals surface area contributed by atoms with Gasteiger partial charge in [0.25, 0.3) is 0 Å². The summed E-state index contributed by atoms with van der Waals surface area (Å²) in [5, 5.41) is 9.22. The molecule has 2 heterocycles. The van der Waals surface area contributed by atoms with Crippen LogP contribution in [0.3, 0.4) is 0 Å². The molecule has 0 aromatic carbocycles. The summed E-state index contributed by atoms with van der Waals surface area (Å²) in [4.78, 5) is 26.2. The second-order valence-corrected chi connectivity index (χ2v) is 6.06. The van der Waals surface area contributed by atoms with Crippen molar-refractivity contribution in [1.82, 2.24) is 4.98 Å². The number of nitrogens with zero attached hydrogens (tertiary/aromatic N) is 3. The summed E-state index contributed by atoms with van der Waals surface area (Å²) in [6, 6.07) is 1.06. The molecule has 1 aromatic rings. The zero-order valence-electron chi connectivity index (χ0n) is 9.69.